The maximum absolute atomic E-state index is 11.5. The Kier molecular flexibility index (Phi) is 5.79. The van der Waals surface area contributed by atoms with Crippen LogP contribution in [-0.2, 0) is 19.4 Å². The fourth-order valence-corrected chi connectivity index (χ4v) is 3.00. The van der Waals surface area contributed by atoms with Gasteiger partial charge in [-0.2, -0.15) is 0 Å². The Balaban J connectivity index is 1.50. The lowest BCUT2D eigenvalue weighted by molar-refractivity contribution is -0.384. The normalized spacial score (nSPS) is 10.7. The van der Waals surface area contributed by atoms with Gasteiger partial charge in [-0.25, -0.2) is 0 Å². The van der Waals surface area contributed by atoms with Crippen molar-refractivity contribution in [1.29, 1.82) is 0 Å². The number of tetrazole rings is 1. The lowest BCUT2D eigenvalue weighted by atomic mass is 10.1. The first-order valence-electron chi connectivity index (χ1n) is 9.51. The summed E-state index contributed by atoms with van der Waals surface area (Å²) in [6.45, 7) is 0.349. The Morgan fingerprint density at radius 1 is 1.03 bits per heavy atom. The highest BCUT2D eigenvalue weighted by molar-refractivity contribution is 5.44. The first kappa shape index (κ1) is 20.0. The molecular weight excluding hydrogens is 400 g/mol. The zero-order valence-electron chi connectivity index (χ0n) is 16.3. The van der Waals surface area contributed by atoms with Crippen LogP contribution >= 0.6 is 0 Å². The predicted octanol–water partition coefficient (Wildman–Crippen LogP) is 2.62. The highest BCUT2D eigenvalue weighted by Gasteiger charge is 2.14. The topological polar surface area (TPSA) is 129 Å². The van der Waals surface area contributed by atoms with E-state index in [1.165, 1.54) is 23.0 Å². The number of aromatic nitrogens is 5. The summed E-state index contributed by atoms with van der Waals surface area (Å²) in [6, 6.07) is 18.8. The van der Waals surface area contributed by atoms with Crippen LogP contribution < -0.4 is 10.3 Å². The Bertz CT molecular complexity index is 1250. The van der Waals surface area contributed by atoms with Crippen LogP contribution in [0.3, 0.4) is 0 Å². The summed E-state index contributed by atoms with van der Waals surface area (Å²) in [4.78, 5) is 26.1. The van der Waals surface area contributed by atoms with Crippen molar-refractivity contribution in [3.8, 4) is 11.6 Å². The van der Waals surface area contributed by atoms with Crippen LogP contribution in [0.2, 0.25) is 0 Å². The van der Waals surface area contributed by atoms with Crippen LogP contribution in [0, 0.1) is 10.1 Å². The van der Waals surface area contributed by atoms with Crippen LogP contribution in [0.4, 0.5) is 5.69 Å². The van der Waals surface area contributed by atoms with Gasteiger partial charge in [-0.15, -0.1) is 15.0 Å². The molecule has 0 bridgehead atoms. The molecule has 0 aliphatic heterocycles. The van der Waals surface area contributed by atoms with Crippen molar-refractivity contribution in [1.82, 2.24) is 25.2 Å². The molecule has 4 rings (SSSR count). The van der Waals surface area contributed by atoms with E-state index < -0.39 is 4.92 Å². The number of nitrogens with zero attached hydrogens (tertiary/aromatic N) is 5. The Morgan fingerprint density at radius 2 is 1.87 bits per heavy atom. The summed E-state index contributed by atoms with van der Waals surface area (Å²) < 4.78 is 5.91. The number of aryl methyl sites for hydroxylation is 2. The predicted molar refractivity (Wildman–Crippen MR) is 111 cm³/mol. The van der Waals surface area contributed by atoms with Gasteiger partial charge in [-0.1, -0.05) is 36.4 Å². The molecule has 1 N–H and O–H groups in total. The number of hydrogen-bond acceptors (Lipinski definition) is 7. The van der Waals surface area contributed by atoms with E-state index in [2.05, 4.69) is 20.4 Å². The molecule has 4 aromatic rings. The number of nitro groups is 1. The molecule has 0 atom stereocenters. The first-order chi connectivity index (χ1) is 15.1. The number of ether oxygens (including phenoxy) is 1. The molecule has 156 valence electrons. The van der Waals surface area contributed by atoms with Crippen molar-refractivity contribution in [3.05, 3.63) is 104 Å². The van der Waals surface area contributed by atoms with E-state index in [-0.39, 0.29) is 11.2 Å². The van der Waals surface area contributed by atoms with Crippen LogP contribution in [0.1, 0.15) is 17.0 Å². The summed E-state index contributed by atoms with van der Waals surface area (Å²) in [5.41, 5.74) is 1.39. The third-order valence-electron chi connectivity index (χ3n) is 4.53. The third-order valence-corrected chi connectivity index (χ3v) is 4.53. The summed E-state index contributed by atoms with van der Waals surface area (Å²) in [6.07, 6.45) is 0.808. The summed E-state index contributed by atoms with van der Waals surface area (Å²) in [5, 5.41) is 23.4. The molecule has 0 spiro atoms. The molecule has 0 aliphatic rings. The van der Waals surface area contributed by atoms with Gasteiger partial charge in [0.2, 0.25) is 5.56 Å². The molecular formula is C21H18N6O4. The molecule has 0 saturated heterocycles. The van der Waals surface area contributed by atoms with Gasteiger partial charge < -0.3 is 9.72 Å². The SMILES string of the molecule is O=c1cccc(-n2nnc(CCc3cc([N+](=O)[O-])ccc3OCc3ccccc3)n2)[nH]1. The Hall–Kier alpha value is -4.34. The molecule has 2 aromatic carbocycles. The van der Waals surface area contributed by atoms with E-state index in [4.69, 9.17) is 4.74 Å². The zero-order chi connectivity index (χ0) is 21.6. The molecule has 0 saturated carbocycles. The van der Waals surface area contributed by atoms with Crippen LogP contribution in [0.25, 0.3) is 5.82 Å². The smallest absolute Gasteiger partial charge is 0.269 e. The van der Waals surface area contributed by atoms with Gasteiger partial charge in [-0.3, -0.25) is 14.9 Å². The van der Waals surface area contributed by atoms with Crippen molar-refractivity contribution in [2.75, 3.05) is 0 Å². The minimum absolute atomic E-state index is 0.0134. The standard InChI is InChI=1S/C21H18N6O4/c28-21-8-4-7-20(22-21)26-24-19(23-25-26)12-9-16-13-17(27(29)30)10-11-18(16)31-14-15-5-2-1-3-6-15/h1-8,10-11,13H,9,12,14H2,(H,22,28). The average molecular weight is 418 g/mol. The fraction of sp³-hybridized carbons (Fsp3) is 0.143. The number of pyridine rings is 1. The molecule has 31 heavy (non-hydrogen) atoms. The summed E-state index contributed by atoms with van der Waals surface area (Å²) in [7, 11) is 0. The number of aromatic amines is 1. The fourth-order valence-electron chi connectivity index (χ4n) is 3.00. The lowest BCUT2D eigenvalue weighted by Crippen LogP contribution is -2.10. The molecule has 0 unspecified atom stereocenters. The number of benzene rings is 2. The molecule has 2 aromatic heterocycles. The molecule has 0 aliphatic carbocycles. The lowest BCUT2D eigenvalue weighted by Gasteiger charge is -2.11. The van der Waals surface area contributed by atoms with Crippen molar-refractivity contribution in [3.63, 3.8) is 0 Å². The third kappa shape index (κ3) is 4.99. The average Bonchev–Trinajstić information content (AvgIpc) is 3.26. The van der Waals surface area contributed by atoms with E-state index in [1.54, 1.807) is 18.2 Å². The van der Waals surface area contributed by atoms with Crippen molar-refractivity contribution < 1.29 is 9.66 Å². The van der Waals surface area contributed by atoms with Gasteiger partial charge in [-0.05, 0) is 29.3 Å². The van der Waals surface area contributed by atoms with Gasteiger partial charge in [0.25, 0.3) is 5.69 Å². The number of nitro benzene ring substituents is 1. The van der Waals surface area contributed by atoms with Crippen LogP contribution in [0.15, 0.2) is 71.5 Å². The van der Waals surface area contributed by atoms with E-state index >= 15 is 0 Å². The van der Waals surface area contributed by atoms with E-state index in [0.29, 0.717) is 42.4 Å². The maximum atomic E-state index is 11.5. The molecule has 10 nitrogen and oxygen atoms in total. The number of nitrogens with one attached hydrogen (secondary N) is 1. The van der Waals surface area contributed by atoms with Gasteiger partial charge in [0.15, 0.2) is 11.6 Å². The number of rotatable bonds is 8. The van der Waals surface area contributed by atoms with Crippen LogP contribution in [0.5, 0.6) is 5.75 Å². The molecule has 0 radical (unpaired) electrons. The van der Waals surface area contributed by atoms with E-state index in [1.807, 2.05) is 30.3 Å². The minimum Gasteiger partial charge on any atom is -0.489 e. The largest absolute Gasteiger partial charge is 0.489 e. The quantitative estimate of drug-likeness (QED) is 0.344. The summed E-state index contributed by atoms with van der Waals surface area (Å²) >= 11 is 0. The van der Waals surface area contributed by atoms with E-state index in [9.17, 15) is 14.9 Å². The van der Waals surface area contributed by atoms with Crippen molar-refractivity contribution in [2.45, 2.75) is 19.4 Å². The second kappa shape index (κ2) is 8.99. The van der Waals surface area contributed by atoms with E-state index in [0.717, 1.165) is 5.56 Å². The monoisotopic (exact) mass is 418 g/mol. The molecule has 2 heterocycles. The highest BCUT2D eigenvalue weighted by atomic mass is 16.6. The van der Waals surface area contributed by atoms with Crippen molar-refractivity contribution >= 4 is 5.69 Å². The van der Waals surface area contributed by atoms with Crippen molar-refractivity contribution in [2.24, 2.45) is 0 Å². The maximum Gasteiger partial charge on any atom is 0.269 e. The summed E-state index contributed by atoms with van der Waals surface area (Å²) in [5.74, 6) is 1.40. The van der Waals surface area contributed by atoms with Gasteiger partial charge in [0.05, 0.1) is 4.92 Å². The first-order valence-corrected chi connectivity index (χ1v) is 9.51. The Labute approximate surface area is 176 Å². The van der Waals surface area contributed by atoms with Gasteiger partial charge >= 0.3 is 0 Å². The number of H-pyrrole nitrogens is 1. The molecule has 0 amide bonds. The molecule has 0 fully saturated rings. The molecule has 10 heteroatoms. The minimum atomic E-state index is -0.440. The second-order valence-corrected chi connectivity index (χ2v) is 6.72. The number of hydrogen-bond donors (Lipinski definition) is 1. The highest BCUT2D eigenvalue weighted by Crippen LogP contribution is 2.26. The second-order valence-electron chi connectivity index (χ2n) is 6.72. The van der Waals surface area contributed by atoms with Gasteiger partial charge in [0, 0.05) is 30.2 Å². The van der Waals surface area contributed by atoms with Crippen LogP contribution in [-0.4, -0.2) is 30.1 Å². The van der Waals surface area contributed by atoms with Gasteiger partial charge in [0.1, 0.15) is 12.4 Å². The number of non-ortho nitro benzene ring substituents is 1. The Morgan fingerprint density at radius 3 is 2.65 bits per heavy atom. The zero-order valence-corrected chi connectivity index (χ0v) is 16.3.